The molecule has 0 atom stereocenters. The second-order valence-electron chi connectivity index (χ2n) is 6.20. The quantitative estimate of drug-likeness (QED) is 0.477. The Bertz CT molecular complexity index is 1300. The van der Waals surface area contributed by atoms with Crippen molar-refractivity contribution in [3.63, 3.8) is 0 Å². The maximum atomic E-state index is 13.1. The predicted octanol–water partition coefficient (Wildman–Crippen LogP) is 4.24. The van der Waals surface area contributed by atoms with Gasteiger partial charge in [-0.05, 0) is 29.8 Å². The molecule has 4 aromatic heterocycles. The number of rotatable bonds is 4. The lowest BCUT2D eigenvalue weighted by Crippen LogP contribution is -1.93. The van der Waals surface area contributed by atoms with Gasteiger partial charge in [0.2, 0.25) is 5.89 Å². The number of pyridine rings is 2. The highest BCUT2D eigenvalue weighted by molar-refractivity contribution is 7.13. The molecule has 0 spiro atoms. The van der Waals surface area contributed by atoms with E-state index >= 15 is 0 Å². The van der Waals surface area contributed by atoms with Gasteiger partial charge in [-0.15, -0.1) is 21.5 Å². The van der Waals surface area contributed by atoms with Crippen molar-refractivity contribution < 1.29 is 13.9 Å². The number of fused-ring (bicyclic) bond motifs is 1. The van der Waals surface area contributed by atoms with Crippen LogP contribution >= 0.6 is 11.3 Å². The lowest BCUT2D eigenvalue weighted by Gasteiger charge is -2.07. The summed E-state index contributed by atoms with van der Waals surface area (Å²) >= 11 is 1.43. The van der Waals surface area contributed by atoms with Gasteiger partial charge in [-0.25, -0.2) is 14.4 Å². The monoisotopic (exact) mass is 405 g/mol. The first-order valence-corrected chi connectivity index (χ1v) is 9.52. The van der Waals surface area contributed by atoms with E-state index < -0.39 is 0 Å². The average Bonchev–Trinajstić information content (AvgIpc) is 3.43. The minimum Gasteiger partial charge on any atom is -0.504 e. The maximum absolute atomic E-state index is 13.1. The Hall–Kier alpha value is -3.72. The van der Waals surface area contributed by atoms with Gasteiger partial charge < -0.3 is 9.52 Å². The Morgan fingerprint density at radius 2 is 1.86 bits per heavy atom. The summed E-state index contributed by atoms with van der Waals surface area (Å²) in [5.41, 5.74) is 1.91. The van der Waals surface area contributed by atoms with Crippen LogP contribution in [0.4, 0.5) is 4.39 Å². The van der Waals surface area contributed by atoms with Gasteiger partial charge in [-0.3, -0.25) is 4.98 Å². The van der Waals surface area contributed by atoms with Crippen LogP contribution in [0.3, 0.4) is 0 Å². The maximum Gasteiger partial charge on any atom is 0.270 e. The summed E-state index contributed by atoms with van der Waals surface area (Å²) in [6, 6.07) is 9.63. The Balaban J connectivity index is 1.59. The summed E-state index contributed by atoms with van der Waals surface area (Å²) in [6.45, 7) is 0. The molecule has 1 N–H and O–H groups in total. The van der Waals surface area contributed by atoms with Gasteiger partial charge in [0.05, 0.1) is 6.42 Å². The number of hydrogen-bond donors (Lipinski definition) is 1. The van der Waals surface area contributed by atoms with Crippen molar-refractivity contribution in [2.45, 2.75) is 6.42 Å². The van der Waals surface area contributed by atoms with Crippen LogP contribution in [0.25, 0.3) is 33.2 Å². The van der Waals surface area contributed by atoms with Gasteiger partial charge in [0.25, 0.3) is 5.89 Å². The van der Waals surface area contributed by atoms with Crippen molar-refractivity contribution in [2.24, 2.45) is 0 Å². The standard InChI is InChI=1S/C20H12FN5O2S/c21-12-5-3-11(4-6-12)10-14-25-26-19(28-14)17-18(27)15-13(2-1-7-22-15)16(24-17)20-23-8-9-29-20/h1-9,27H,10H2. The Labute approximate surface area is 167 Å². The van der Waals surface area contributed by atoms with Gasteiger partial charge in [0, 0.05) is 23.2 Å². The number of aromatic hydroxyl groups is 1. The van der Waals surface area contributed by atoms with Gasteiger partial charge in [-0.1, -0.05) is 12.1 Å². The fourth-order valence-electron chi connectivity index (χ4n) is 2.97. The van der Waals surface area contributed by atoms with Crippen LogP contribution in [0.5, 0.6) is 5.75 Å². The Kier molecular flexibility index (Phi) is 4.21. The fraction of sp³-hybridized carbons (Fsp3) is 0.0500. The number of hydrogen-bond acceptors (Lipinski definition) is 8. The predicted molar refractivity (Wildman–Crippen MR) is 105 cm³/mol. The third-order valence-corrected chi connectivity index (χ3v) is 5.09. The summed E-state index contributed by atoms with van der Waals surface area (Å²) in [5.74, 6) is -0.0555. The molecule has 0 fully saturated rings. The SMILES string of the molecule is Oc1c(-c2nnc(Cc3ccc(F)cc3)o2)nc(-c2nccs2)c2cccnc12. The van der Waals surface area contributed by atoms with Crippen LogP contribution in [-0.2, 0) is 6.42 Å². The second kappa shape index (κ2) is 7.02. The molecule has 0 unspecified atom stereocenters. The minimum atomic E-state index is -0.313. The average molecular weight is 405 g/mol. The van der Waals surface area contributed by atoms with Crippen molar-refractivity contribution in [3.8, 4) is 28.0 Å². The van der Waals surface area contributed by atoms with E-state index in [0.717, 1.165) is 5.56 Å². The fourth-order valence-corrected chi connectivity index (χ4v) is 3.61. The molecule has 0 aliphatic rings. The van der Waals surface area contributed by atoms with Crippen LogP contribution < -0.4 is 0 Å². The van der Waals surface area contributed by atoms with E-state index in [1.165, 1.54) is 23.5 Å². The van der Waals surface area contributed by atoms with E-state index in [1.807, 2.05) is 11.4 Å². The van der Waals surface area contributed by atoms with Crippen molar-refractivity contribution in [1.82, 2.24) is 25.1 Å². The molecule has 142 valence electrons. The van der Waals surface area contributed by atoms with Crippen molar-refractivity contribution in [3.05, 3.63) is 71.4 Å². The number of aromatic nitrogens is 5. The van der Waals surface area contributed by atoms with E-state index in [-0.39, 0.29) is 23.2 Å². The van der Waals surface area contributed by atoms with Crippen LogP contribution in [0.15, 0.2) is 58.6 Å². The summed E-state index contributed by atoms with van der Waals surface area (Å²) in [4.78, 5) is 13.2. The summed E-state index contributed by atoms with van der Waals surface area (Å²) in [5, 5.41) is 22.0. The van der Waals surface area contributed by atoms with Crippen molar-refractivity contribution >= 4 is 22.2 Å². The smallest absolute Gasteiger partial charge is 0.270 e. The van der Waals surface area contributed by atoms with Crippen molar-refractivity contribution in [2.75, 3.05) is 0 Å². The molecule has 1 aromatic carbocycles. The highest BCUT2D eigenvalue weighted by atomic mass is 32.1. The molecule has 0 aliphatic carbocycles. The number of thiazole rings is 1. The molecule has 0 radical (unpaired) electrons. The zero-order valence-electron chi connectivity index (χ0n) is 14.8. The molecule has 0 amide bonds. The Morgan fingerprint density at radius 3 is 2.66 bits per heavy atom. The third kappa shape index (κ3) is 3.21. The van der Waals surface area contributed by atoms with E-state index in [9.17, 15) is 9.50 Å². The first-order chi connectivity index (χ1) is 14.2. The van der Waals surface area contributed by atoms with E-state index in [1.54, 1.807) is 30.6 Å². The van der Waals surface area contributed by atoms with Crippen LogP contribution in [0, 0.1) is 5.82 Å². The van der Waals surface area contributed by atoms with Crippen LogP contribution in [-0.4, -0.2) is 30.3 Å². The number of nitrogens with zero attached hydrogens (tertiary/aromatic N) is 5. The second-order valence-corrected chi connectivity index (χ2v) is 7.09. The van der Waals surface area contributed by atoms with Gasteiger partial charge in [0.1, 0.15) is 22.0 Å². The third-order valence-electron chi connectivity index (χ3n) is 4.31. The largest absolute Gasteiger partial charge is 0.504 e. The molecule has 7 nitrogen and oxygen atoms in total. The first kappa shape index (κ1) is 17.4. The molecule has 4 heterocycles. The molecule has 29 heavy (non-hydrogen) atoms. The molecular weight excluding hydrogens is 393 g/mol. The molecular formula is C20H12FN5O2S. The number of halogens is 1. The van der Waals surface area contributed by atoms with Gasteiger partial charge in [-0.2, -0.15) is 0 Å². The van der Waals surface area contributed by atoms with Crippen molar-refractivity contribution in [1.29, 1.82) is 0 Å². The van der Waals surface area contributed by atoms with Crippen LogP contribution in [0.2, 0.25) is 0 Å². The highest BCUT2D eigenvalue weighted by Gasteiger charge is 2.22. The lowest BCUT2D eigenvalue weighted by atomic mass is 10.1. The van der Waals surface area contributed by atoms with E-state index in [0.29, 0.717) is 33.9 Å². The topological polar surface area (TPSA) is 97.8 Å². The molecule has 0 saturated heterocycles. The molecule has 5 rings (SSSR count). The van der Waals surface area contributed by atoms with Gasteiger partial charge >= 0.3 is 0 Å². The van der Waals surface area contributed by atoms with E-state index in [4.69, 9.17) is 4.42 Å². The molecule has 9 heteroatoms. The molecule has 5 aromatic rings. The summed E-state index contributed by atoms with van der Waals surface area (Å²) < 4.78 is 18.8. The highest BCUT2D eigenvalue weighted by Crippen LogP contribution is 2.38. The molecule has 0 aliphatic heterocycles. The first-order valence-electron chi connectivity index (χ1n) is 8.64. The lowest BCUT2D eigenvalue weighted by molar-refractivity contribution is 0.471. The Morgan fingerprint density at radius 1 is 1.00 bits per heavy atom. The van der Waals surface area contributed by atoms with Gasteiger partial charge in [0.15, 0.2) is 11.4 Å². The molecule has 0 saturated carbocycles. The number of benzene rings is 1. The summed E-state index contributed by atoms with van der Waals surface area (Å²) in [6.07, 6.45) is 3.61. The normalized spacial score (nSPS) is 11.2. The zero-order chi connectivity index (χ0) is 19.8. The molecule has 0 bridgehead atoms. The zero-order valence-corrected chi connectivity index (χ0v) is 15.6. The van der Waals surface area contributed by atoms with Crippen LogP contribution in [0.1, 0.15) is 11.5 Å². The minimum absolute atomic E-state index is 0.0740. The van der Waals surface area contributed by atoms with E-state index in [2.05, 4.69) is 25.1 Å². The summed E-state index contributed by atoms with van der Waals surface area (Å²) in [7, 11) is 0.